The van der Waals surface area contributed by atoms with Crippen molar-refractivity contribution in [2.75, 3.05) is 6.61 Å². The fraction of sp³-hybridized carbons (Fsp3) is 0.455. The first kappa shape index (κ1) is 9.65. The van der Waals surface area contributed by atoms with Crippen molar-refractivity contribution in [3.05, 3.63) is 35.9 Å². The van der Waals surface area contributed by atoms with Crippen molar-refractivity contribution in [2.24, 2.45) is 0 Å². The first-order chi connectivity index (χ1) is 6.67. The smallest absolute Gasteiger partial charge is 0.196 e. The Kier molecular flexibility index (Phi) is 2.54. The SMILES string of the molecule is CC1(C)OCC(c2ccccc2)OO1. The Morgan fingerprint density at radius 3 is 2.50 bits per heavy atom. The van der Waals surface area contributed by atoms with Gasteiger partial charge in [0.05, 0.1) is 6.61 Å². The molecule has 3 nitrogen and oxygen atoms in total. The summed E-state index contributed by atoms with van der Waals surface area (Å²) in [5.41, 5.74) is 1.07. The van der Waals surface area contributed by atoms with Crippen LogP contribution in [0.4, 0.5) is 0 Å². The van der Waals surface area contributed by atoms with E-state index >= 15 is 0 Å². The minimum Gasteiger partial charge on any atom is -0.345 e. The molecule has 0 aromatic heterocycles. The van der Waals surface area contributed by atoms with Gasteiger partial charge in [-0.1, -0.05) is 30.3 Å². The lowest BCUT2D eigenvalue weighted by Crippen LogP contribution is -2.36. The van der Waals surface area contributed by atoms with Crippen LogP contribution in [0.1, 0.15) is 25.5 Å². The third kappa shape index (κ3) is 2.12. The Hall–Kier alpha value is -0.900. The molecular formula is C11H14O3. The summed E-state index contributed by atoms with van der Waals surface area (Å²) in [6.07, 6.45) is -0.121. The summed E-state index contributed by atoms with van der Waals surface area (Å²) in [7, 11) is 0. The van der Waals surface area contributed by atoms with E-state index in [0.717, 1.165) is 5.56 Å². The van der Waals surface area contributed by atoms with Gasteiger partial charge in [0.1, 0.15) is 6.10 Å². The van der Waals surface area contributed by atoms with Gasteiger partial charge in [0.25, 0.3) is 0 Å². The molecule has 2 rings (SSSR count). The molecule has 0 bridgehead atoms. The van der Waals surface area contributed by atoms with E-state index in [-0.39, 0.29) is 6.10 Å². The quantitative estimate of drug-likeness (QED) is 0.643. The molecule has 1 unspecified atom stereocenters. The maximum atomic E-state index is 5.49. The molecule has 1 heterocycles. The van der Waals surface area contributed by atoms with E-state index in [9.17, 15) is 0 Å². The average Bonchev–Trinajstić information content (AvgIpc) is 2.19. The van der Waals surface area contributed by atoms with Gasteiger partial charge in [0.2, 0.25) is 0 Å². The lowest BCUT2D eigenvalue weighted by atomic mass is 10.1. The number of rotatable bonds is 1. The summed E-state index contributed by atoms with van der Waals surface area (Å²) in [6, 6.07) is 9.90. The van der Waals surface area contributed by atoms with Crippen LogP contribution in [0.15, 0.2) is 30.3 Å². The molecule has 1 saturated heterocycles. The van der Waals surface area contributed by atoms with Gasteiger partial charge in [-0.05, 0) is 19.4 Å². The van der Waals surface area contributed by atoms with E-state index in [2.05, 4.69) is 0 Å². The normalized spacial score (nSPS) is 26.0. The molecule has 0 saturated carbocycles. The van der Waals surface area contributed by atoms with Gasteiger partial charge in [-0.25, -0.2) is 9.78 Å². The average molecular weight is 194 g/mol. The van der Waals surface area contributed by atoms with E-state index in [1.807, 2.05) is 44.2 Å². The highest BCUT2D eigenvalue weighted by atomic mass is 17.2. The number of benzene rings is 1. The third-order valence-corrected chi connectivity index (χ3v) is 2.12. The molecule has 0 spiro atoms. The summed E-state index contributed by atoms with van der Waals surface area (Å²) < 4.78 is 5.49. The van der Waals surface area contributed by atoms with Crippen LogP contribution in [0.2, 0.25) is 0 Å². The molecule has 1 aromatic carbocycles. The molecule has 1 fully saturated rings. The molecule has 1 atom stereocenters. The van der Waals surface area contributed by atoms with E-state index in [4.69, 9.17) is 14.5 Å². The van der Waals surface area contributed by atoms with Crippen LogP contribution >= 0.6 is 0 Å². The van der Waals surface area contributed by atoms with Gasteiger partial charge in [0.15, 0.2) is 5.79 Å². The molecule has 0 amide bonds. The Morgan fingerprint density at radius 1 is 1.21 bits per heavy atom. The lowest BCUT2D eigenvalue weighted by molar-refractivity contribution is -0.479. The van der Waals surface area contributed by atoms with E-state index in [1.165, 1.54) is 0 Å². The van der Waals surface area contributed by atoms with Gasteiger partial charge in [-0.2, -0.15) is 0 Å². The number of hydrogen-bond acceptors (Lipinski definition) is 3. The molecule has 14 heavy (non-hydrogen) atoms. The Morgan fingerprint density at radius 2 is 1.93 bits per heavy atom. The minimum absolute atomic E-state index is 0.121. The Bertz CT molecular complexity index is 285. The maximum Gasteiger partial charge on any atom is 0.196 e. The second-order valence-electron chi connectivity index (χ2n) is 3.79. The number of hydrogen-bond donors (Lipinski definition) is 0. The van der Waals surface area contributed by atoms with Crippen LogP contribution < -0.4 is 0 Å². The van der Waals surface area contributed by atoms with E-state index in [0.29, 0.717) is 6.61 Å². The molecule has 0 N–H and O–H groups in total. The Balaban J connectivity index is 2.03. The van der Waals surface area contributed by atoms with Crippen LogP contribution in [0.25, 0.3) is 0 Å². The van der Waals surface area contributed by atoms with Crippen molar-refractivity contribution in [3.8, 4) is 0 Å². The maximum absolute atomic E-state index is 5.49. The van der Waals surface area contributed by atoms with Gasteiger partial charge >= 0.3 is 0 Å². The van der Waals surface area contributed by atoms with E-state index in [1.54, 1.807) is 0 Å². The van der Waals surface area contributed by atoms with Gasteiger partial charge in [-0.3, -0.25) is 0 Å². The van der Waals surface area contributed by atoms with Gasteiger partial charge in [-0.15, -0.1) is 0 Å². The highest BCUT2D eigenvalue weighted by Crippen LogP contribution is 2.28. The lowest BCUT2D eigenvalue weighted by Gasteiger charge is -2.33. The molecule has 3 heteroatoms. The summed E-state index contributed by atoms with van der Waals surface area (Å²) in [4.78, 5) is 10.4. The Labute approximate surface area is 83.5 Å². The molecule has 1 aliphatic rings. The zero-order chi connectivity index (χ0) is 10.0. The zero-order valence-corrected chi connectivity index (χ0v) is 8.40. The molecule has 0 radical (unpaired) electrons. The van der Waals surface area contributed by atoms with Crippen LogP contribution in [-0.2, 0) is 14.5 Å². The highest BCUT2D eigenvalue weighted by Gasteiger charge is 2.30. The van der Waals surface area contributed by atoms with Gasteiger partial charge < -0.3 is 4.74 Å². The first-order valence-electron chi connectivity index (χ1n) is 4.71. The van der Waals surface area contributed by atoms with Crippen molar-refractivity contribution in [3.63, 3.8) is 0 Å². The molecule has 1 aromatic rings. The summed E-state index contributed by atoms with van der Waals surface area (Å²) in [5.74, 6) is -0.634. The van der Waals surface area contributed by atoms with Crippen molar-refractivity contribution >= 4 is 0 Å². The summed E-state index contributed by atoms with van der Waals surface area (Å²) >= 11 is 0. The van der Waals surface area contributed by atoms with Crippen molar-refractivity contribution in [2.45, 2.75) is 25.7 Å². The molecule has 76 valence electrons. The monoisotopic (exact) mass is 194 g/mol. The second kappa shape index (κ2) is 3.69. The van der Waals surface area contributed by atoms with Crippen LogP contribution in [-0.4, -0.2) is 12.4 Å². The fourth-order valence-corrected chi connectivity index (χ4v) is 1.32. The van der Waals surface area contributed by atoms with E-state index < -0.39 is 5.79 Å². The summed E-state index contributed by atoms with van der Waals surface area (Å²) in [5, 5.41) is 0. The van der Waals surface area contributed by atoms with Crippen LogP contribution in [0.3, 0.4) is 0 Å². The summed E-state index contributed by atoms with van der Waals surface area (Å²) in [6.45, 7) is 4.18. The highest BCUT2D eigenvalue weighted by molar-refractivity contribution is 5.17. The molecule has 1 aliphatic heterocycles. The third-order valence-electron chi connectivity index (χ3n) is 2.12. The molecular weight excluding hydrogens is 180 g/mol. The minimum atomic E-state index is -0.634. The predicted octanol–water partition coefficient (Wildman–Crippen LogP) is 2.44. The topological polar surface area (TPSA) is 27.7 Å². The van der Waals surface area contributed by atoms with Crippen molar-refractivity contribution in [1.82, 2.24) is 0 Å². The fourth-order valence-electron chi connectivity index (χ4n) is 1.32. The molecule has 0 aliphatic carbocycles. The zero-order valence-electron chi connectivity index (χ0n) is 8.40. The largest absolute Gasteiger partial charge is 0.345 e. The standard InChI is InChI=1S/C11H14O3/c1-11(2)12-8-10(13-14-11)9-6-4-3-5-7-9/h3-7,10H,8H2,1-2H3. The predicted molar refractivity (Wildman–Crippen MR) is 51.4 cm³/mol. The van der Waals surface area contributed by atoms with Gasteiger partial charge in [0, 0.05) is 0 Å². The van der Waals surface area contributed by atoms with Crippen LogP contribution in [0.5, 0.6) is 0 Å². The van der Waals surface area contributed by atoms with Crippen molar-refractivity contribution < 1.29 is 14.5 Å². The first-order valence-corrected chi connectivity index (χ1v) is 4.71. The number of ether oxygens (including phenoxy) is 1. The van der Waals surface area contributed by atoms with Crippen molar-refractivity contribution in [1.29, 1.82) is 0 Å². The second-order valence-corrected chi connectivity index (χ2v) is 3.79. The van der Waals surface area contributed by atoms with Crippen LogP contribution in [0, 0.1) is 0 Å².